The van der Waals surface area contributed by atoms with Crippen LogP contribution in [0.25, 0.3) is 0 Å². The monoisotopic (exact) mass is 334 g/mol. The van der Waals surface area contributed by atoms with E-state index in [1.165, 1.54) is 19.3 Å². The highest BCUT2D eigenvalue weighted by molar-refractivity contribution is 6.05. The van der Waals surface area contributed by atoms with Crippen LogP contribution < -0.4 is 0 Å². The fourth-order valence-electron chi connectivity index (χ4n) is 5.76. The van der Waals surface area contributed by atoms with Crippen molar-refractivity contribution in [2.45, 2.75) is 81.7 Å². The summed E-state index contributed by atoms with van der Waals surface area (Å²) < 4.78 is 11.5. The van der Waals surface area contributed by atoms with Gasteiger partial charge in [-0.05, 0) is 38.0 Å². The van der Waals surface area contributed by atoms with E-state index < -0.39 is 5.79 Å². The van der Waals surface area contributed by atoms with Crippen LogP contribution in [0.3, 0.4) is 0 Å². The Morgan fingerprint density at radius 2 is 1.67 bits per heavy atom. The van der Waals surface area contributed by atoms with Crippen molar-refractivity contribution in [1.82, 2.24) is 9.80 Å². The van der Waals surface area contributed by atoms with Crippen molar-refractivity contribution in [2.24, 2.45) is 5.92 Å². The molecule has 0 radical (unpaired) electrons. The molecule has 3 heterocycles. The topological polar surface area (TPSA) is 59.1 Å². The van der Waals surface area contributed by atoms with Crippen molar-refractivity contribution < 1.29 is 19.1 Å². The Balaban J connectivity index is 1.32. The van der Waals surface area contributed by atoms with Gasteiger partial charge in [-0.15, -0.1) is 0 Å². The largest absolute Gasteiger partial charge is 0.348 e. The molecule has 1 spiro atoms. The second-order valence-electron chi connectivity index (χ2n) is 8.10. The first kappa shape index (κ1) is 15.1. The third kappa shape index (κ3) is 2.08. The van der Waals surface area contributed by atoms with Gasteiger partial charge in [0.2, 0.25) is 0 Å². The van der Waals surface area contributed by atoms with Crippen LogP contribution in [-0.4, -0.2) is 58.9 Å². The zero-order valence-corrected chi connectivity index (χ0v) is 14.1. The number of imide groups is 1. The highest BCUT2D eigenvalue weighted by atomic mass is 16.7. The lowest BCUT2D eigenvalue weighted by Gasteiger charge is -2.38. The SMILES string of the molecule is O=C1[C@@H]2C[C@@H]3CCCC[C@@H]3N2C(=O)N1C1CCC2(CC1)OCCO2. The molecule has 3 saturated heterocycles. The van der Waals surface area contributed by atoms with E-state index in [1.807, 2.05) is 4.90 Å². The summed E-state index contributed by atoms with van der Waals surface area (Å²) in [7, 11) is 0. The molecule has 5 aliphatic rings. The van der Waals surface area contributed by atoms with Gasteiger partial charge in [0.15, 0.2) is 5.79 Å². The average molecular weight is 334 g/mol. The molecule has 6 heteroatoms. The smallest absolute Gasteiger partial charge is 0.327 e. The summed E-state index contributed by atoms with van der Waals surface area (Å²) >= 11 is 0. The van der Waals surface area contributed by atoms with Gasteiger partial charge in [0.25, 0.3) is 5.91 Å². The highest BCUT2D eigenvalue weighted by Gasteiger charge is 2.57. The summed E-state index contributed by atoms with van der Waals surface area (Å²) in [6.07, 6.45) is 8.73. The summed E-state index contributed by atoms with van der Waals surface area (Å²) in [6.45, 7) is 1.32. The van der Waals surface area contributed by atoms with Gasteiger partial charge in [-0.25, -0.2) is 4.79 Å². The molecule has 5 fully saturated rings. The lowest BCUT2D eigenvalue weighted by Crippen LogP contribution is -2.48. The van der Waals surface area contributed by atoms with Crippen LogP contribution in [0.1, 0.15) is 57.8 Å². The summed E-state index contributed by atoms with van der Waals surface area (Å²) in [6, 6.07) is 0.131. The minimum Gasteiger partial charge on any atom is -0.348 e. The van der Waals surface area contributed by atoms with E-state index in [0.29, 0.717) is 25.2 Å². The summed E-state index contributed by atoms with van der Waals surface area (Å²) in [5, 5.41) is 0. The Morgan fingerprint density at radius 3 is 2.42 bits per heavy atom. The molecule has 0 aromatic heterocycles. The molecule has 0 N–H and O–H groups in total. The number of amides is 3. The summed E-state index contributed by atoms with van der Waals surface area (Å²) in [5.41, 5.74) is 0. The van der Waals surface area contributed by atoms with E-state index in [0.717, 1.165) is 38.5 Å². The zero-order valence-electron chi connectivity index (χ0n) is 14.1. The molecular weight excluding hydrogens is 308 g/mol. The third-order valence-corrected chi connectivity index (χ3v) is 6.93. The Labute approximate surface area is 142 Å². The molecule has 3 atom stereocenters. The Morgan fingerprint density at radius 1 is 0.958 bits per heavy atom. The van der Waals surface area contributed by atoms with Gasteiger partial charge in [0, 0.05) is 24.9 Å². The van der Waals surface area contributed by atoms with E-state index in [4.69, 9.17) is 9.47 Å². The maximum atomic E-state index is 13.0. The predicted octanol–water partition coefficient (Wildman–Crippen LogP) is 2.27. The van der Waals surface area contributed by atoms with Crippen molar-refractivity contribution >= 4 is 11.9 Å². The maximum Gasteiger partial charge on any atom is 0.327 e. The first-order valence-electron chi connectivity index (χ1n) is 9.62. The molecule has 2 aliphatic carbocycles. The molecule has 0 aromatic rings. The van der Waals surface area contributed by atoms with Crippen LogP contribution in [0.2, 0.25) is 0 Å². The molecule has 0 unspecified atom stereocenters. The molecule has 3 amide bonds. The first-order chi connectivity index (χ1) is 11.7. The number of urea groups is 1. The fraction of sp³-hybridized carbons (Fsp3) is 0.889. The van der Waals surface area contributed by atoms with Crippen molar-refractivity contribution in [2.75, 3.05) is 13.2 Å². The van der Waals surface area contributed by atoms with E-state index in [1.54, 1.807) is 4.90 Å². The lowest BCUT2D eigenvalue weighted by molar-refractivity contribution is -0.183. The normalized spacial score (nSPS) is 38.9. The third-order valence-electron chi connectivity index (χ3n) is 6.93. The predicted molar refractivity (Wildman–Crippen MR) is 85.1 cm³/mol. The molecule has 3 aliphatic heterocycles. The molecule has 2 saturated carbocycles. The zero-order chi connectivity index (χ0) is 16.3. The van der Waals surface area contributed by atoms with Gasteiger partial charge in [0.05, 0.1) is 13.2 Å². The van der Waals surface area contributed by atoms with Crippen molar-refractivity contribution in [1.29, 1.82) is 0 Å². The Hall–Kier alpha value is -1.14. The number of carbonyl (C=O) groups excluding carboxylic acids is 2. The van der Waals surface area contributed by atoms with Crippen LogP contribution in [0.4, 0.5) is 4.79 Å². The van der Waals surface area contributed by atoms with E-state index in [-0.39, 0.29) is 24.0 Å². The second kappa shape index (κ2) is 5.43. The number of hydrogen-bond acceptors (Lipinski definition) is 4. The number of hydrogen-bond donors (Lipinski definition) is 0. The number of nitrogens with zero attached hydrogens (tertiary/aromatic N) is 2. The number of fused-ring (bicyclic) bond motifs is 3. The summed E-state index contributed by atoms with van der Waals surface area (Å²) in [4.78, 5) is 29.5. The second-order valence-corrected chi connectivity index (χ2v) is 8.10. The average Bonchev–Trinajstić information content (AvgIpc) is 3.26. The van der Waals surface area contributed by atoms with Gasteiger partial charge in [0.1, 0.15) is 6.04 Å². The molecule has 24 heavy (non-hydrogen) atoms. The molecular formula is C18H26N2O4. The lowest BCUT2D eigenvalue weighted by atomic mass is 9.84. The highest BCUT2D eigenvalue weighted by Crippen LogP contribution is 2.45. The molecule has 5 rings (SSSR count). The van der Waals surface area contributed by atoms with E-state index in [9.17, 15) is 9.59 Å². The van der Waals surface area contributed by atoms with Gasteiger partial charge in [-0.3, -0.25) is 9.69 Å². The van der Waals surface area contributed by atoms with Gasteiger partial charge >= 0.3 is 6.03 Å². The number of rotatable bonds is 1. The van der Waals surface area contributed by atoms with Crippen LogP contribution in [0, 0.1) is 5.92 Å². The van der Waals surface area contributed by atoms with Crippen LogP contribution >= 0.6 is 0 Å². The fourth-order valence-corrected chi connectivity index (χ4v) is 5.76. The molecule has 132 valence electrons. The van der Waals surface area contributed by atoms with E-state index in [2.05, 4.69) is 0 Å². The standard InChI is InChI=1S/C18H26N2O4/c21-16-15-11-12-3-1-2-4-14(12)20(15)17(22)19(16)13-5-7-18(8-6-13)23-9-10-24-18/h12-15H,1-11H2/t12-,14-,15-/m0/s1. The van der Waals surface area contributed by atoms with Crippen molar-refractivity contribution in [3.63, 3.8) is 0 Å². The molecule has 0 aromatic carbocycles. The van der Waals surface area contributed by atoms with Crippen LogP contribution in [0.15, 0.2) is 0 Å². The van der Waals surface area contributed by atoms with Gasteiger partial charge in [-0.1, -0.05) is 12.8 Å². The van der Waals surface area contributed by atoms with Crippen molar-refractivity contribution in [3.8, 4) is 0 Å². The minimum atomic E-state index is -0.438. The molecule has 6 nitrogen and oxygen atoms in total. The van der Waals surface area contributed by atoms with Gasteiger partial charge < -0.3 is 14.4 Å². The number of carbonyl (C=O) groups is 2. The van der Waals surface area contributed by atoms with Crippen LogP contribution in [-0.2, 0) is 14.3 Å². The van der Waals surface area contributed by atoms with E-state index >= 15 is 0 Å². The summed E-state index contributed by atoms with van der Waals surface area (Å²) in [5.74, 6) is 0.171. The van der Waals surface area contributed by atoms with Gasteiger partial charge in [-0.2, -0.15) is 0 Å². The number of ether oxygens (including phenoxy) is 2. The minimum absolute atomic E-state index is 0.0198. The Bertz CT molecular complexity index is 549. The Kier molecular flexibility index (Phi) is 3.42. The van der Waals surface area contributed by atoms with Crippen LogP contribution in [0.5, 0.6) is 0 Å². The maximum absolute atomic E-state index is 13.0. The van der Waals surface area contributed by atoms with Crippen molar-refractivity contribution in [3.05, 3.63) is 0 Å². The molecule has 0 bridgehead atoms. The quantitative estimate of drug-likeness (QED) is 0.690. The first-order valence-corrected chi connectivity index (χ1v) is 9.62.